The van der Waals surface area contributed by atoms with Gasteiger partial charge in [-0.05, 0) is 43.2 Å². The van der Waals surface area contributed by atoms with E-state index in [1.54, 1.807) is 12.1 Å². The van der Waals surface area contributed by atoms with Gasteiger partial charge in [0, 0.05) is 18.8 Å². The quantitative estimate of drug-likeness (QED) is 0.548. The lowest BCUT2D eigenvalue weighted by atomic mass is 10.1. The number of nitrogens with one attached hydrogen (secondary N) is 1. The summed E-state index contributed by atoms with van der Waals surface area (Å²) >= 11 is 0. The minimum atomic E-state index is -0.141. The second kappa shape index (κ2) is 9.57. The van der Waals surface area contributed by atoms with Gasteiger partial charge in [-0.15, -0.1) is 0 Å². The molecule has 2 aromatic rings. The van der Waals surface area contributed by atoms with Gasteiger partial charge in [-0.3, -0.25) is 4.79 Å². The Bertz CT molecular complexity index is 641. The molecule has 0 aliphatic carbocycles. The van der Waals surface area contributed by atoms with Crippen LogP contribution in [0.15, 0.2) is 48.5 Å². The van der Waals surface area contributed by atoms with Crippen LogP contribution in [0, 0.1) is 0 Å². The van der Waals surface area contributed by atoms with Crippen molar-refractivity contribution in [1.29, 1.82) is 0 Å². The molecule has 2 rings (SSSR count). The van der Waals surface area contributed by atoms with E-state index >= 15 is 0 Å². The fourth-order valence-electron chi connectivity index (χ4n) is 2.23. The smallest absolute Gasteiger partial charge is 0.255 e. The van der Waals surface area contributed by atoms with Crippen LogP contribution in [0.5, 0.6) is 5.75 Å². The molecule has 5 heteroatoms. The summed E-state index contributed by atoms with van der Waals surface area (Å²) in [5, 5.41) is 2.92. The Kier molecular flexibility index (Phi) is 7.11. The van der Waals surface area contributed by atoms with Crippen molar-refractivity contribution in [3.8, 4) is 5.75 Å². The summed E-state index contributed by atoms with van der Waals surface area (Å²) < 4.78 is 10.9. The van der Waals surface area contributed by atoms with E-state index in [0.29, 0.717) is 37.7 Å². The number of ether oxygens (including phenoxy) is 2. The van der Waals surface area contributed by atoms with E-state index in [0.717, 1.165) is 17.7 Å². The predicted octanol–water partition coefficient (Wildman–Crippen LogP) is 2.66. The van der Waals surface area contributed by atoms with Crippen LogP contribution < -0.4 is 15.8 Å². The summed E-state index contributed by atoms with van der Waals surface area (Å²) in [4.78, 5) is 12.4. The van der Waals surface area contributed by atoms with Crippen LogP contribution in [-0.2, 0) is 11.2 Å². The highest BCUT2D eigenvalue weighted by molar-refractivity contribution is 5.96. The monoisotopic (exact) mass is 328 g/mol. The number of carbonyl (C=O) groups is 1. The lowest BCUT2D eigenvalue weighted by Gasteiger charge is -2.12. The highest BCUT2D eigenvalue weighted by atomic mass is 16.5. The second-order valence-electron chi connectivity index (χ2n) is 5.29. The molecule has 3 N–H and O–H groups in total. The molecule has 1 amide bonds. The molecule has 5 nitrogen and oxygen atoms in total. The van der Waals surface area contributed by atoms with Gasteiger partial charge in [-0.2, -0.15) is 0 Å². The molecule has 0 aromatic heterocycles. The van der Waals surface area contributed by atoms with E-state index in [4.69, 9.17) is 15.2 Å². The SMILES string of the molecule is CCOCCOc1ccccc1C(=O)NCCc1ccc(N)cc1. The van der Waals surface area contributed by atoms with Crippen molar-refractivity contribution in [2.75, 3.05) is 32.1 Å². The summed E-state index contributed by atoms with van der Waals surface area (Å²) in [5.41, 5.74) is 8.06. The van der Waals surface area contributed by atoms with E-state index in [9.17, 15) is 4.79 Å². The lowest BCUT2D eigenvalue weighted by molar-refractivity contribution is 0.0937. The predicted molar refractivity (Wildman–Crippen MR) is 95.3 cm³/mol. The molecule has 0 aliphatic heterocycles. The molecule has 0 saturated carbocycles. The number of nitrogen functional groups attached to an aromatic ring is 1. The standard InChI is InChI=1S/C19H24N2O3/c1-2-23-13-14-24-18-6-4-3-5-17(18)19(22)21-12-11-15-7-9-16(20)10-8-15/h3-10H,2,11-14,20H2,1H3,(H,21,22). The molecule has 0 spiro atoms. The van der Waals surface area contributed by atoms with Crippen LogP contribution in [0.25, 0.3) is 0 Å². The van der Waals surface area contributed by atoms with Crippen LogP contribution in [0.1, 0.15) is 22.8 Å². The molecule has 0 saturated heterocycles. The molecule has 0 radical (unpaired) electrons. The maximum absolute atomic E-state index is 12.4. The molecule has 128 valence electrons. The molecule has 2 aromatic carbocycles. The third kappa shape index (κ3) is 5.59. The van der Waals surface area contributed by atoms with Gasteiger partial charge in [0.1, 0.15) is 12.4 Å². The van der Waals surface area contributed by atoms with Gasteiger partial charge in [-0.1, -0.05) is 24.3 Å². The Morgan fingerprint density at radius 1 is 1.08 bits per heavy atom. The largest absolute Gasteiger partial charge is 0.490 e. The summed E-state index contributed by atoms with van der Waals surface area (Å²) in [6, 6.07) is 14.9. The van der Waals surface area contributed by atoms with Crippen LogP contribution in [-0.4, -0.2) is 32.3 Å². The molecule has 24 heavy (non-hydrogen) atoms. The zero-order valence-electron chi connectivity index (χ0n) is 14.0. The van der Waals surface area contributed by atoms with E-state index in [1.165, 1.54) is 0 Å². The number of amides is 1. The lowest BCUT2D eigenvalue weighted by Crippen LogP contribution is -2.26. The average molecular weight is 328 g/mol. The Balaban J connectivity index is 1.86. The van der Waals surface area contributed by atoms with E-state index < -0.39 is 0 Å². The van der Waals surface area contributed by atoms with Gasteiger partial charge in [0.2, 0.25) is 0 Å². The maximum Gasteiger partial charge on any atom is 0.255 e. The maximum atomic E-state index is 12.4. The van der Waals surface area contributed by atoms with E-state index in [1.807, 2.05) is 43.3 Å². The van der Waals surface area contributed by atoms with Crippen molar-refractivity contribution in [2.24, 2.45) is 0 Å². The van der Waals surface area contributed by atoms with E-state index in [2.05, 4.69) is 5.32 Å². The van der Waals surface area contributed by atoms with Gasteiger partial charge in [0.25, 0.3) is 5.91 Å². The first-order chi connectivity index (χ1) is 11.7. The topological polar surface area (TPSA) is 73.6 Å². The zero-order valence-corrected chi connectivity index (χ0v) is 14.0. The van der Waals surface area contributed by atoms with Crippen molar-refractivity contribution in [3.63, 3.8) is 0 Å². The van der Waals surface area contributed by atoms with Crippen molar-refractivity contribution >= 4 is 11.6 Å². The van der Waals surface area contributed by atoms with Gasteiger partial charge >= 0.3 is 0 Å². The van der Waals surface area contributed by atoms with Gasteiger partial charge < -0.3 is 20.5 Å². The van der Waals surface area contributed by atoms with Gasteiger partial charge in [0.05, 0.1) is 12.2 Å². The van der Waals surface area contributed by atoms with Crippen LogP contribution in [0.3, 0.4) is 0 Å². The molecule has 0 unspecified atom stereocenters. The number of carbonyl (C=O) groups excluding carboxylic acids is 1. The average Bonchev–Trinajstić information content (AvgIpc) is 2.61. The van der Waals surface area contributed by atoms with Crippen molar-refractivity contribution < 1.29 is 14.3 Å². The number of anilines is 1. The Morgan fingerprint density at radius 2 is 1.83 bits per heavy atom. The molecule has 0 bridgehead atoms. The summed E-state index contributed by atoms with van der Waals surface area (Å²) in [6.45, 7) is 4.06. The highest BCUT2D eigenvalue weighted by Gasteiger charge is 2.11. The molecule has 0 heterocycles. The van der Waals surface area contributed by atoms with E-state index in [-0.39, 0.29) is 5.91 Å². The molecule has 0 atom stereocenters. The fraction of sp³-hybridized carbons (Fsp3) is 0.316. The summed E-state index contributed by atoms with van der Waals surface area (Å²) in [6.07, 6.45) is 0.749. The van der Waals surface area contributed by atoms with Crippen molar-refractivity contribution in [3.05, 3.63) is 59.7 Å². The minimum Gasteiger partial charge on any atom is -0.490 e. The summed E-state index contributed by atoms with van der Waals surface area (Å²) in [7, 11) is 0. The number of para-hydroxylation sites is 1. The Hall–Kier alpha value is -2.53. The summed E-state index contributed by atoms with van der Waals surface area (Å²) in [5.74, 6) is 0.430. The number of nitrogens with two attached hydrogens (primary N) is 1. The molecular formula is C19H24N2O3. The fourth-order valence-corrected chi connectivity index (χ4v) is 2.23. The van der Waals surface area contributed by atoms with Crippen molar-refractivity contribution in [1.82, 2.24) is 5.32 Å². The Labute approximate surface area is 142 Å². The first kappa shape index (κ1) is 17.8. The van der Waals surface area contributed by atoms with Crippen LogP contribution >= 0.6 is 0 Å². The van der Waals surface area contributed by atoms with Crippen LogP contribution in [0.2, 0.25) is 0 Å². The number of hydrogen-bond acceptors (Lipinski definition) is 4. The third-order valence-corrected chi connectivity index (χ3v) is 3.50. The third-order valence-electron chi connectivity index (χ3n) is 3.50. The Morgan fingerprint density at radius 3 is 2.58 bits per heavy atom. The van der Waals surface area contributed by atoms with Gasteiger partial charge in [-0.25, -0.2) is 0 Å². The molecule has 0 aliphatic rings. The first-order valence-electron chi connectivity index (χ1n) is 8.13. The molecule has 0 fully saturated rings. The first-order valence-corrected chi connectivity index (χ1v) is 8.13. The van der Waals surface area contributed by atoms with Gasteiger partial charge in [0.15, 0.2) is 0 Å². The number of benzene rings is 2. The second-order valence-corrected chi connectivity index (χ2v) is 5.29. The normalized spacial score (nSPS) is 10.4. The number of hydrogen-bond donors (Lipinski definition) is 2. The zero-order chi connectivity index (χ0) is 17.2. The van der Waals surface area contributed by atoms with Crippen molar-refractivity contribution in [2.45, 2.75) is 13.3 Å². The minimum absolute atomic E-state index is 0.141. The molecular weight excluding hydrogens is 304 g/mol. The van der Waals surface area contributed by atoms with Crippen LogP contribution in [0.4, 0.5) is 5.69 Å². The highest BCUT2D eigenvalue weighted by Crippen LogP contribution is 2.17. The number of rotatable bonds is 9.